The molecule has 90 valence electrons. The summed E-state index contributed by atoms with van der Waals surface area (Å²) in [5.41, 5.74) is 2.33. The van der Waals surface area contributed by atoms with Gasteiger partial charge in [0.05, 0.1) is 13.2 Å². The third-order valence-electron chi connectivity index (χ3n) is 2.47. The molecule has 1 aromatic heterocycles. The van der Waals surface area contributed by atoms with Gasteiger partial charge in [0.15, 0.2) is 0 Å². The van der Waals surface area contributed by atoms with Crippen molar-refractivity contribution < 1.29 is 4.74 Å². The Balaban J connectivity index is 1.73. The van der Waals surface area contributed by atoms with E-state index >= 15 is 0 Å². The smallest absolute Gasteiger partial charge is 0.122 e. The van der Waals surface area contributed by atoms with Gasteiger partial charge in [-0.25, -0.2) is 4.98 Å². The lowest BCUT2D eigenvalue weighted by atomic mass is 10.2. The van der Waals surface area contributed by atoms with Gasteiger partial charge in [-0.3, -0.25) is 0 Å². The quantitative estimate of drug-likeness (QED) is 0.670. The molecular weight excluding hydrogens is 327 g/mol. The summed E-state index contributed by atoms with van der Waals surface area (Å²) in [6, 6.07) is 10.2. The fraction of sp³-hybridized carbons (Fsp3) is 0.308. The molecule has 0 bridgehead atoms. The molecular formula is C13H15IN2O. The Hall–Kier alpha value is -0.880. The number of nitrogens with zero attached hydrogens (tertiary/aromatic N) is 1. The molecule has 0 aliphatic rings. The van der Waals surface area contributed by atoms with Crippen LogP contribution < -0.4 is 0 Å². The summed E-state index contributed by atoms with van der Waals surface area (Å²) >= 11 is 2.23. The monoisotopic (exact) mass is 342 g/mol. The Morgan fingerprint density at radius 3 is 2.71 bits per heavy atom. The summed E-state index contributed by atoms with van der Waals surface area (Å²) in [5.74, 6) is 1.000. The van der Waals surface area contributed by atoms with E-state index in [0.29, 0.717) is 13.2 Å². The molecule has 0 unspecified atom stereocenters. The van der Waals surface area contributed by atoms with Crippen molar-refractivity contribution in [3.8, 4) is 0 Å². The van der Waals surface area contributed by atoms with Crippen molar-refractivity contribution in [2.45, 2.75) is 20.0 Å². The SMILES string of the molecule is Cc1[nH]c(CCOCc2ccccc2)nc1I. The Bertz CT molecular complexity index is 448. The number of aromatic nitrogens is 2. The molecule has 3 nitrogen and oxygen atoms in total. The van der Waals surface area contributed by atoms with Crippen LogP contribution in [0.4, 0.5) is 0 Å². The van der Waals surface area contributed by atoms with Crippen LogP contribution in [0.5, 0.6) is 0 Å². The van der Waals surface area contributed by atoms with Crippen LogP contribution in [-0.2, 0) is 17.8 Å². The van der Waals surface area contributed by atoms with Gasteiger partial charge < -0.3 is 9.72 Å². The third kappa shape index (κ3) is 3.81. The first kappa shape index (κ1) is 12.6. The van der Waals surface area contributed by atoms with Gasteiger partial charge in [0.25, 0.3) is 0 Å². The van der Waals surface area contributed by atoms with E-state index in [4.69, 9.17) is 4.74 Å². The molecule has 1 N–H and O–H groups in total. The summed E-state index contributed by atoms with van der Waals surface area (Å²) in [6.45, 7) is 3.39. The van der Waals surface area contributed by atoms with Gasteiger partial charge in [-0.15, -0.1) is 0 Å². The zero-order chi connectivity index (χ0) is 12.1. The van der Waals surface area contributed by atoms with E-state index in [9.17, 15) is 0 Å². The second-order valence-electron chi connectivity index (χ2n) is 3.89. The average molecular weight is 342 g/mol. The largest absolute Gasteiger partial charge is 0.376 e. The van der Waals surface area contributed by atoms with E-state index in [-0.39, 0.29) is 0 Å². The molecule has 0 saturated carbocycles. The number of aryl methyl sites for hydroxylation is 1. The van der Waals surface area contributed by atoms with E-state index in [2.05, 4.69) is 44.7 Å². The zero-order valence-corrected chi connectivity index (χ0v) is 11.9. The highest BCUT2D eigenvalue weighted by Gasteiger charge is 2.03. The predicted octanol–water partition coefficient (Wildman–Crippen LogP) is 3.08. The molecule has 2 aromatic rings. The van der Waals surface area contributed by atoms with E-state index in [1.807, 2.05) is 25.1 Å². The fourth-order valence-electron chi connectivity index (χ4n) is 1.55. The molecule has 0 atom stereocenters. The summed E-state index contributed by atoms with van der Waals surface area (Å²) in [5, 5.41) is 0. The van der Waals surface area contributed by atoms with Crippen molar-refractivity contribution in [2.24, 2.45) is 0 Å². The number of halogens is 1. The molecule has 0 aliphatic heterocycles. The van der Waals surface area contributed by atoms with E-state index in [1.54, 1.807) is 0 Å². The molecule has 0 amide bonds. The number of aromatic amines is 1. The molecule has 2 rings (SSSR count). The second kappa shape index (κ2) is 6.16. The minimum absolute atomic E-state index is 0.664. The minimum atomic E-state index is 0.664. The Labute approximate surface area is 115 Å². The van der Waals surface area contributed by atoms with Gasteiger partial charge in [-0.2, -0.15) is 0 Å². The summed E-state index contributed by atoms with van der Waals surface area (Å²) in [6.07, 6.45) is 0.830. The predicted molar refractivity (Wildman–Crippen MR) is 75.8 cm³/mol. The van der Waals surface area contributed by atoms with Gasteiger partial charge in [-0.1, -0.05) is 30.3 Å². The maximum atomic E-state index is 5.61. The second-order valence-corrected chi connectivity index (χ2v) is 4.91. The highest BCUT2D eigenvalue weighted by molar-refractivity contribution is 14.1. The zero-order valence-electron chi connectivity index (χ0n) is 9.74. The number of H-pyrrole nitrogens is 1. The van der Waals surface area contributed by atoms with Crippen molar-refractivity contribution in [3.63, 3.8) is 0 Å². The van der Waals surface area contributed by atoms with Crippen LogP contribution in [0.1, 0.15) is 17.1 Å². The highest BCUT2D eigenvalue weighted by atomic mass is 127. The number of hydrogen-bond donors (Lipinski definition) is 1. The minimum Gasteiger partial charge on any atom is -0.376 e. The first-order valence-corrected chi connectivity index (χ1v) is 6.66. The van der Waals surface area contributed by atoms with Gasteiger partial charge >= 0.3 is 0 Å². The first-order valence-electron chi connectivity index (χ1n) is 5.58. The van der Waals surface area contributed by atoms with Crippen molar-refractivity contribution >= 4 is 22.6 Å². The lowest BCUT2D eigenvalue weighted by molar-refractivity contribution is 0.122. The molecule has 0 saturated heterocycles. The number of nitrogens with one attached hydrogen (secondary N) is 1. The average Bonchev–Trinajstić information content (AvgIpc) is 2.66. The van der Waals surface area contributed by atoms with Gasteiger partial charge in [0.2, 0.25) is 0 Å². The van der Waals surface area contributed by atoms with Crippen LogP contribution >= 0.6 is 22.6 Å². The standard InChI is InChI=1S/C13H15IN2O/c1-10-13(14)16-12(15-10)7-8-17-9-11-5-3-2-4-6-11/h2-6H,7-9H2,1H3,(H,15,16). The third-order valence-corrected chi connectivity index (χ3v) is 3.52. The fourth-order valence-corrected chi connectivity index (χ4v) is 1.98. The van der Waals surface area contributed by atoms with Crippen molar-refractivity contribution in [3.05, 3.63) is 51.1 Å². The Kier molecular flexibility index (Phi) is 4.56. The molecule has 1 aromatic carbocycles. The molecule has 0 aliphatic carbocycles. The maximum Gasteiger partial charge on any atom is 0.122 e. The number of hydrogen-bond acceptors (Lipinski definition) is 2. The van der Waals surface area contributed by atoms with Crippen LogP contribution in [0, 0.1) is 10.6 Å². The van der Waals surface area contributed by atoms with E-state index < -0.39 is 0 Å². The van der Waals surface area contributed by atoms with Gasteiger partial charge in [0, 0.05) is 12.1 Å². The summed E-state index contributed by atoms with van der Waals surface area (Å²) in [7, 11) is 0. The normalized spacial score (nSPS) is 10.7. The van der Waals surface area contributed by atoms with Gasteiger partial charge in [0.1, 0.15) is 9.53 Å². The number of benzene rings is 1. The number of rotatable bonds is 5. The van der Waals surface area contributed by atoms with Crippen molar-refractivity contribution in [2.75, 3.05) is 6.61 Å². The number of ether oxygens (including phenoxy) is 1. The Morgan fingerprint density at radius 1 is 1.29 bits per heavy atom. The van der Waals surface area contributed by atoms with Crippen LogP contribution in [0.15, 0.2) is 30.3 Å². The molecule has 17 heavy (non-hydrogen) atoms. The van der Waals surface area contributed by atoms with Crippen LogP contribution in [0.25, 0.3) is 0 Å². The lowest BCUT2D eigenvalue weighted by Crippen LogP contribution is -2.00. The van der Waals surface area contributed by atoms with Crippen molar-refractivity contribution in [1.29, 1.82) is 0 Å². The van der Waals surface area contributed by atoms with Crippen LogP contribution in [0.2, 0.25) is 0 Å². The Morgan fingerprint density at radius 2 is 2.06 bits per heavy atom. The molecule has 1 heterocycles. The molecule has 4 heteroatoms. The first-order chi connectivity index (χ1) is 8.25. The topological polar surface area (TPSA) is 37.9 Å². The maximum absolute atomic E-state index is 5.61. The van der Waals surface area contributed by atoms with E-state index in [0.717, 1.165) is 21.6 Å². The van der Waals surface area contributed by atoms with Crippen LogP contribution in [-0.4, -0.2) is 16.6 Å². The molecule has 0 fully saturated rings. The van der Waals surface area contributed by atoms with Gasteiger partial charge in [-0.05, 0) is 35.1 Å². The molecule has 0 radical (unpaired) electrons. The van der Waals surface area contributed by atoms with Crippen LogP contribution in [0.3, 0.4) is 0 Å². The van der Waals surface area contributed by atoms with E-state index in [1.165, 1.54) is 5.56 Å². The summed E-state index contributed by atoms with van der Waals surface area (Å²) < 4.78 is 6.65. The summed E-state index contributed by atoms with van der Waals surface area (Å²) in [4.78, 5) is 7.65. The lowest BCUT2D eigenvalue weighted by Gasteiger charge is -2.02. The number of imidazole rings is 1. The van der Waals surface area contributed by atoms with Crippen molar-refractivity contribution in [1.82, 2.24) is 9.97 Å². The highest BCUT2D eigenvalue weighted by Crippen LogP contribution is 2.08. The molecule has 0 spiro atoms.